The lowest BCUT2D eigenvalue weighted by Crippen LogP contribution is -2.54. The number of hydrogen-bond acceptors (Lipinski definition) is 6. The molecular weight excluding hydrogens is 506 g/mol. The van der Waals surface area contributed by atoms with Crippen molar-refractivity contribution in [2.24, 2.45) is 0 Å². The van der Waals surface area contributed by atoms with Gasteiger partial charge in [0.05, 0.1) is 26.2 Å². The smallest absolute Gasteiger partial charge is 0.244 e. The minimum Gasteiger partial charge on any atom is -0.493 e. The van der Waals surface area contributed by atoms with Gasteiger partial charge in [-0.2, -0.15) is 0 Å². The maximum absolute atomic E-state index is 13.8. The summed E-state index contributed by atoms with van der Waals surface area (Å²) in [4.78, 5) is 28.6. The highest BCUT2D eigenvalue weighted by Crippen LogP contribution is 2.32. The molecule has 0 aromatic heterocycles. The van der Waals surface area contributed by atoms with Gasteiger partial charge in [-0.1, -0.05) is 50.1 Å². The number of anilines is 1. The van der Waals surface area contributed by atoms with E-state index in [9.17, 15) is 18.0 Å². The number of carbonyl (C=O) groups is 2. The fourth-order valence-electron chi connectivity index (χ4n) is 4.86. The van der Waals surface area contributed by atoms with Gasteiger partial charge in [0.2, 0.25) is 21.8 Å². The standard InChI is InChI=1S/C28H39N3O6S/c1-5-24(28(33)29-22-13-9-10-14-22)30(18-17-21-11-7-6-8-12-21)27(32)20-31(38(4,34)35)23-15-16-25(36-2)26(19-23)37-3/h6-8,11-12,15-16,19,22,24H,5,9-10,13-14,17-18,20H2,1-4H3,(H,29,33). The van der Waals surface area contributed by atoms with E-state index in [2.05, 4.69) is 5.32 Å². The Labute approximate surface area is 226 Å². The van der Waals surface area contributed by atoms with Crippen molar-refractivity contribution in [2.45, 2.75) is 57.5 Å². The van der Waals surface area contributed by atoms with E-state index in [1.54, 1.807) is 12.1 Å². The number of amides is 2. The van der Waals surface area contributed by atoms with Crippen LogP contribution >= 0.6 is 0 Å². The molecule has 0 spiro atoms. The molecule has 10 heteroatoms. The summed E-state index contributed by atoms with van der Waals surface area (Å²) < 4.78 is 37.3. The first kappa shape index (κ1) is 29.3. The van der Waals surface area contributed by atoms with E-state index < -0.39 is 28.5 Å². The zero-order valence-electron chi connectivity index (χ0n) is 22.7. The third kappa shape index (κ3) is 7.63. The molecule has 1 aliphatic rings. The molecule has 1 atom stereocenters. The van der Waals surface area contributed by atoms with Crippen LogP contribution in [-0.4, -0.2) is 70.8 Å². The highest BCUT2D eigenvalue weighted by Gasteiger charge is 2.33. The third-order valence-corrected chi connectivity index (χ3v) is 8.05. The topological polar surface area (TPSA) is 105 Å². The molecule has 38 heavy (non-hydrogen) atoms. The van der Waals surface area contributed by atoms with Crippen LogP contribution in [-0.2, 0) is 26.0 Å². The van der Waals surface area contributed by atoms with Crippen molar-refractivity contribution in [3.8, 4) is 11.5 Å². The summed E-state index contributed by atoms with van der Waals surface area (Å²) in [6.45, 7) is 1.70. The fraction of sp³-hybridized carbons (Fsp3) is 0.500. The van der Waals surface area contributed by atoms with Crippen LogP contribution in [0.5, 0.6) is 11.5 Å². The predicted molar refractivity (Wildman–Crippen MR) is 148 cm³/mol. The van der Waals surface area contributed by atoms with E-state index in [1.807, 2.05) is 37.3 Å². The highest BCUT2D eigenvalue weighted by atomic mass is 32.2. The van der Waals surface area contributed by atoms with Crippen LogP contribution < -0.4 is 19.1 Å². The molecule has 2 amide bonds. The molecule has 3 rings (SSSR count). The maximum atomic E-state index is 13.8. The van der Waals surface area contributed by atoms with Crippen molar-refractivity contribution in [3.05, 3.63) is 54.1 Å². The minimum absolute atomic E-state index is 0.113. The lowest BCUT2D eigenvalue weighted by molar-refractivity contribution is -0.139. The molecule has 1 unspecified atom stereocenters. The van der Waals surface area contributed by atoms with Gasteiger partial charge in [-0.15, -0.1) is 0 Å². The number of sulfonamides is 1. The third-order valence-electron chi connectivity index (χ3n) is 6.91. The number of rotatable bonds is 13. The monoisotopic (exact) mass is 545 g/mol. The Morgan fingerprint density at radius 3 is 2.26 bits per heavy atom. The lowest BCUT2D eigenvalue weighted by atomic mass is 10.1. The number of benzene rings is 2. The summed E-state index contributed by atoms with van der Waals surface area (Å²) in [5.74, 6) is 0.136. The lowest BCUT2D eigenvalue weighted by Gasteiger charge is -2.33. The average molecular weight is 546 g/mol. The van der Waals surface area contributed by atoms with Gasteiger partial charge in [-0.25, -0.2) is 8.42 Å². The van der Waals surface area contributed by atoms with Crippen molar-refractivity contribution >= 4 is 27.5 Å². The molecule has 0 bridgehead atoms. The molecular formula is C28H39N3O6S. The second-order valence-electron chi connectivity index (χ2n) is 9.55. The van der Waals surface area contributed by atoms with E-state index in [0.29, 0.717) is 24.3 Å². The Morgan fingerprint density at radius 2 is 1.68 bits per heavy atom. The van der Waals surface area contributed by atoms with E-state index >= 15 is 0 Å². The summed E-state index contributed by atoms with van der Waals surface area (Å²) in [5, 5.41) is 3.11. The zero-order valence-corrected chi connectivity index (χ0v) is 23.5. The van der Waals surface area contributed by atoms with Gasteiger partial charge in [-0.3, -0.25) is 13.9 Å². The summed E-state index contributed by atoms with van der Waals surface area (Å²) in [6.07, 6.45) is 6.02. The highest BCUT2D eigenvalue weighted by molar-refractivity contribution is 7.92. The summed E-state index contributed by atoms with van der Waals surface area (Å²) in [7, 11) is -0.897. The molecule has 1 fully saturated rings. The fourth-order valence-corrected chi connectivity index (χ4v) is 5.70. The molecule has 1 saturated carbocycles. The second kappa shape index (κ2) is 13.5. The van der Waals surface area contributed by atoms with Crippen molar-refractivity contribution in [3.63, 3.8) is 0 Å². The van der Waals surface area contributed by atoms with Gasteiger partial charge in [-0.05, 0) is 43.4 Å². The van der Waals surface area contributed by atoms with Gasteiger partial charge < -0.3 is 19.7 Å². The maximum Gasteiger partial charge on any atom is 0.244 e. The molecule has 0 aliphatic heterocycles. The molecule has 9 nitrogen and oxygen atoms in total. The molecule has 2 aromatic carbocycles. The van der Waals surface area contributed by atoms with Crippen molar-refractivity contribution in [2.75, 3.05) is 37.9 Å². The van der Waals surface area contributed by atoms with Gasteiger partial charge in [0, 0.05) is 18.7 Å². The molecule has 1 aliphatic carbocycles. The number of nitrogens with one attached hydrogen (secondary N) is 1. The number of carbonyl (C=O) groups excluding carboxylic acids is 2. The number of methoxy groups -OCH3 is 2. The molecule has 2 aromatic rings. The number of hydrogen-bond donors (Lipinski definition) is 1. The first-order valence-corrected chi connectivity index (χ1v) is 14.9. The molecule has 0 saturated heterocycles. The number of ether oxygens (including phenoxy) is 2. The largest absolute Gasteiger partial charge is 0.493 e. The molecule has 208 valence electrons. The summed E-state index contributed by atoms with van der Waals surface area (Å²) >= 11 is 0. The Hall–Kier alpha value is -3.27. The van der Waals surface area contributed by atoms with Crippen LogP contribution in [0, 0.1) is 0 Å². The quantitative estimate of drug-likeness (QED) is 0.414. The van der Waals surface area contributed by atoms with Crippen molar-refractivity contribution in [1.29, 1.82) is 0 Å². The minimum atomic E-state index is -3.84. The van der Waals surface area contributed by atoms with Crippen LogP contribution in [0.3, 0.4) is 0 Å². The van der Waals surface area contributed by atoms with Crippen LogP contribution in [0.15, 0.2) is 48.5 Å². The van der Waals surface area contributed by atoms with Crippen LogP contribution in [0.25, 0.3) is 0 Å². The van der Waals surface area contributed by atoms with Crippen LogP contribution in [0.2, 0.25) is 0 Å². The molecule has 0 radical (unpaired) electrons. The second-order valence-corrected chi connectivity index (χ2v) is 11.5. The zero-order chi connectivity index (χ0) is 27.7. The average Bonchev–Trinajstić information content (AvgIpc) is 3.42. The summed E-state index contributed by atoms with van der Waals surface area (Å²) in [5.41, 5.74) is 1.29. The van der Waals surface area contributed by atoms with Gasteiger partial charge in [0.1, 0.15) is 12.6 Å². The molecule has 0 heterocycles. The first-order chi connectivity index (χ1) is 18.2. The molecule has 1 N–H and O–H groups in total. The van der Waals surface area contributed by atoms with Gasteiger partial charge >= 0.3 is 0 Å². The Morgan fingerprint density at radius 1 is 1.03 bits per heavy atom. The van der Waals surface area contributed by atoms with E-state index in [4.69, 9.17) is 9.47 Å². The van der Waals surface area contributed by atoms with Gasteiger partial charge in [0.15, 0.2) is 11.5 Å². The Bertz CT molecular complexity index is 1180. The van der Waals surface area contributed by atoms with Crippen molar-refractivity contribution < 1.29 is 27.5 Å². The van der Waals surface area contributed by atoms with Gasteiger partial charge in [0.25, 0.3) is 0 Å². The summed E-state index contributed by atoms with van der Waals surface area (Å²) in [6, 6.07) is 13.8. The van der Waals surface area contributed by atoms with E-state index in [-0.39, 0.29) is 24.2 Å². The number of nitrogens with zero attached hydrogens (tertiary/aromatic N) is 2. The SMILES string of the molecule is CCC(C(=O)NC1CCCC1)N(CCc1ccccc1)C(=O)CN(c1ccc(OC)c(OC)c1)S(C)(=O)=O. The van der Waals surface area contributed by atoms with Crippen LogP contribution in [0.4, 0.5) is 5.69 Å². The predicted octanol–water partition coefficient (Wildman–Crippen LogP) is 3.38. The van der Waals surface area contributed by atoms with Crippen LogP contribution in [0.1, 0.15) is 44.6 Å². The first-order valence-electron chi connectivity index (χ1n) is 13.0. The van der Waals surface area contributed by atoms with Crippen molar-refractivity contribution in [1.82, 2.24) is 10.2 Å². The Balaban J connectivity index is 1.90. The van der Waals surface area contributed by atoms with E-state index in [0.717, 1.165) is 41.8 Å². The normalized spacial score (nSPS) is 14.5. The van der Waals surface area contributed by atoms with E-state index in [1.165, 1.54) is 25.2 Å². The Kier molecular flexibility index (Phi) is 10.4.